The summed E-state index contributed by atoms with van der Waals surface area (Å²) in [6.07, 6.45) is 0.795. The molecule has 0 aliphatic carbocycles. The van der Waals surface area contributed by atoms with E-state index in [9.17, 15) is 4.39 Å². The Kier molecular flexibility index (Phi) is 4.95. The highest BCUT2D eigenvalue weighted by atomic mass is 79.9. The van der Waals surface area contributed by atoms with E-state index in [0.29, 0.717) is 13.2 Å². The summed E-state index contributed by atoms with van der Waals surface area (Å²) in [4.78, 5) is 0. The maximum Gasteiger partial charge on any atom is 0.175 e. The van der Waals surface area contributed by atoms with Crippen LogP contribution >= 0.6 is 15.9 Å². The number of benzene rings is 2. The number of nitrogens with one attached hydrogen (secondary N) is 1. The summed E-state index contributed by atoms with van der Waals surface area (Å²) in [7, 11) is 0. The van der Waals surface area contributed by atoms with Crippen LogP contribution in [0, 0.1) is 5.82 Å². The topological polar surface area (TPSA) is 30.5 Å². The Hall–Kier alpha value is -1.59. The van der Waals surface area contributed by atoms with E-state index < -0.39 is 0 Å². The van der Waals surface area contributed by atoms with Crippen molar-refractivity contribution in [2.45, 2.75) is 13.0 Å². The van der Waals surface area contributed by atoms with Crippen molar-refractivity contribution >= 4 is 15.9 Å². The van der Waals surface area contributed by atoms with Gasteiger partial charge in [-0.15, -0.1) is 0 Å². The number of halogens is 2. The monoisotopic (exact) mass is 365 g/mol. The van der Waals surface area contributed by atoms with Crippen molar-refractivity contribution in [2.75, 3.05) is 19.8 Å². The number of fused-ring (bicyclic) bond motifs is 1. The molecule has 0 saturated carbocycles. The number of hydrogen-bond acceptors (Lipinski definition) is 3. The zero-order valence-corrected chi connectivity index (χ0v) is 13.7. The number of hydrogen-bond donors (Lipinski definition) is 1. The van der Waals surface area contributed by atoms with Crippen molar-refractivity contribution in [2.24, 2.45) is 0 Å². The molecule has 3 nitrogen and oxygen atoms in total. The van der Waals surface area contributed by atoms with Crippen LogP contribution in [0.4, 0.5) is 4.39 Å². The third kappa shape index (κ3) is 3.78. The predicted octanol–water partition coefficient (Wildman–Crippen LogP) is 3.69. The Balaban J connectivity index is 1.54. The first-order valence-corrected chi connectivity index (χ1v) is 8.05. The lowest BCUT2D eigenvalue weighted by Crippen LogP contribution is -2.18. The van der Waals surface area contributed by atoms with Crippen LogP contribution < -0.4 is 14.8 Å². The summed E-state index contributed by atoms with van der Waals surface area (Å²) < 4.78 is 25.2. The van der Waals surface area contributed by atoms with Gasteiger partial charge in [-0.2, -0.15) is 0 Å². The molecule has 5 heteroatoms. The lowest BCUT2D eigenvalue weighted by atomic mass is 10.1. The Labute approximate surface area is 137 Å². The summed E-state index contributed by atoms with van der Waals surface area (Å²) in [5.74, 6) is 1.37. The fraction of sp³-hybridized carbons (Fsp3) is 0.294. The molecule has 0 saturated heterocycles. The minimum Gasteiger partial charge on any atom is -0.486 e. The van der Waals surface area contributed by atoms with Gasteiger partial charge in [-0.1, -0.05) is 12.1 Å². The van der Waals surface area contributed by atoms with Crippen LogP contribution in [0.5, 0.6) is 11.5 Å². The molecule has 0 radical (unpaired) electrons. The first-order chi connectivity index (χ1) is 10.7. The second kappa shape index (κ2) is 7.11. The van der Waals surface area contributed by atoms with Gasteiger partial charge in [0.05, 0.1) is 4.47 Å². The molecule has 1 N–H and O–H groups in total. The quantitative estimate of drug-likeness (QED) is 0.819. The molecule has 0 bridgehead atoms. The summed E-state index contributed by atoms with van der Waals surface area (Å²) >= 11 is 3.51. The van der Waals surface area contributed by atoms with E-state index in [1.807, 2.05) is 18.2 Å². The molecule has 3 rings (SSSR count). The van der Waals surface area contributed by atoms with E-state index in [1.54, 1.807) is 12.1 Å². The molecule has 1 heterocycles. The molecule has 116 valence electrons. The Bertz CT molecular complexity index is 663. The smallest absolute Gasteiger partial charge is 0.175 e. The minimum atomic E-state index is -0.187. The van der Waals surface area contributed by atoms with Crippen LogP contribution in [-0.2, 0) is 13.0 Å². The van der Waals surface area contributed by atoms with Gasteiger partial charge in [0, 0.05) is 6.54 Å². The molecule has 0 fully saturated rings. The van der Waals surface area contributed by atoms with Gasteiger partial charge in [-0.25, -0.2) is 4.39 Å². The summed E-state index contributed by atoms with van der Waals surface area (Å²) in [5, 5.41) is 3.36. The Morgan fingerprint density at radius 2 is 1.95 bits per heavy atom. The van der Waals surface area contributed by atoms with Gasteiger partial charge >= 0.3 is 0 Å². The maximum atomic E-state index is 13.1. The molecule has 2 aromatic rings. The molecule has 0 amide bonds. The van der Waals surface area contributed by atoms with Crippen LogP contribution in [0.25, 0.3) is 0 Å². The number of ether oxygens (including phenoxy) is 2. The normalized spacial score (nSPS) is 13.2. The van der Waals surface area contributed by atoms with E-state index in [-0.39, 0.29) is 5.82 Å². The van der Waals surface area contributed by atoms with Crippen molar-refractivity contribution in [3.05, 3.63) is 57.8 Å². The van der Waals surface area contributed by atoms with Crippen molar-refractivity contribution in [3.8, 4) is 11.5 Å². The molecule has 0 spiro atoms. The van der Waals surface area contributed by atoms with Gasteiger partial charge in [0.25, 0.3) is 0 Å². The zero-order valence-electron chi connectivity index (χ0n) is 12.1. The van der Waals surface area contributed by atoms with Crippen molar-refractivity contribution in [1.82, 2.24) is 5.32 Å². The second-order valence-corrected chi connectivity index (χ2v) is 6.01. The largest absolute Gasteiger partial charge is 0.486 e. The molecular weight excluding hydrogens is 349 g/mol. The summed E-state index contributed by atoms with van der Waals surface area (Å²) in [5.41, 5.74) is 2.12. The standard InChI is InChI=1S/C17H17BrFNO2/c18-15-9-13(10-16-17(15)22-7-6-21-16)11-20-5-4-12-2-1-3-14(19)8-12/h1-3,8-10,20H,4-7,11H2. The zero-order chi connectivity index (χ0) is 15.4. The minimum absolute atomic E-state index is 0.187. The van der Waals surface area contributed by atoms with Crippen LogP contribution in [0.2, 0.25) is 0 Å². The molecule has 2 aromatic carbocycles. The third-order valence-corrected chi connectivity index (χ3v) is 4.05. The first kappa shape index (κ1) is 15.3. The van der Waals surface area contributed by atoms with Gasteiger partial charge < -0.3 is 14.8 Å². The average molecular weight is 366 g/mol. The van der Waals surface area contributed by atoms with Crippen LogP contribution in [0.3, 0.4) is 0 Å². The third-order valence-electron chi connectivity index (χ3n) is 3.47. The maximum absolute atomic E-state index is 13.1. The Morgan fingerprint density at radius 3 is 2.82 bits per heavy atom. The van der Waals surface area contributed by atoms with Gasteiger partial charge in [0.2, 0.25) is 0 Å². The molecule has 0 unspecified atom stereocenters. The highest BCUT2D eigenvalue weighted by Gasteiger charge is 2.16. The molecule has 1 aliphatic rings. The molecule has 0 atom stereocenters. The van der Waals surface area contributed by atoms with E-state index in [2.05, 4.69) is 21.2 Å². The fourth-order valence-electron chi connectivity index (χ4n) is 2.42. The van der Waals surface area contributed by atoms with Crippen LogP contribution in [0.15, 0.2) is 40.9 Å². The van der Waals surface area contributed by atoms with E-state index in [1.165, 1.54) is 6.07 Å². The summed E-state index contributed by atoms with van der Waals surface area (Å²) in [6.45, 7) is 2.67. The van der Waals surface area contributed by atoms with Gasteiger partial charge in [0.15, 0.2) is 11.5 Å². The first-order valence-electron chi connectivity index (χ1n) is 7.25. The lowest BCUT2D eigenvalue weighted by Gasteiger charge is -2.20. The molecule has 22 heavy (non-hydrogen) atoms. The Morgan fingerprint density at radius 1 is 1.09 bits per heavy atom. The van der Waals surface area contributed by atoms with Crippen LogP contribution in [-0.4, -0.2) is 19.8 Å². The lowest BCUT2D eigenvalue weighted by molar-refractivity contribution is 0.170. The molecule has 0 aromatic heterocycles. The average Bonchev–Trinajstić information content (AvgIpc) is 2.52. The van der Waals surface area contributed by atoms with E-state index >= 15 is 0 Å². The van der Waals surface area contributed by atoms with E-state index in [0.717, 1.165) is 46.6 Å². The van der Waals surface area contributed by atoms with Crippen LogP contribution in [0.1, 0.15) is 11.1 Å². The predicted molar refractivity (Wildman–Crippen MR) is 86.9 cm³/mol. The molecule has 1 aliphatic heterocycles. The van der Waals surface area contributed by atoms with E-state index in [4.69, 9.17) is 9.47 Å². The van der Waals surface area contributed by atoms with Gasteiger partial charge in [0.1, 0.15) is 19.0 Å². The number of rotatable bonds is 5. The summed E-state index contributed by atoms with van der Waals surface area (Å²) in [6, 6.07) is 10.7. The van der Waals surface area contributed by atoms with Crippen molar-refractivity contribution in [3.63, 3.8) is 0 Å². The highest BCUT2D eigenvalue weighted by molar-refractivity contribution is 9.10. The fourth-order valence-corrected chi connectivity index (χ4v) is 3.03. The molecular formula is C17H17BrFNO2. The van der Waals surface area contributed by atoms with Gasteiger partial charge in [-0.05, 0) is 64.3 Å². The van der Waals surface area contributed by atoms with Gasteiger partial charge in [-0.3, -0.25) is 0 Å². The highest BCUT2D eigenvalue weighted by Crippen LogP contribution is 2.38. The second-order valence-electron chi connectivity index (χ2n) is 5.16. The van der Waals surface area contributed by atoms with Crippen molar-refractivity contribution < 1.29 is 13.9 Å². The van der Waals surface area contributed by atoms with Crippen molar-refractivity contribution in [1.29, 1.82) is 0 Å². The SMILES string of the molecule is Fc1cccc(CCNCc2cc(Br)c3c(c2)OCCO3)c1.